The van der Waals surface area contributed by atoms with Crippen molar-refractivity contribution in [3.63, 3.8) is 0 Å². The third kappa shape index (κ3) is 3.17. The summed E-state index contributed by atoms with van der Waals surface area (Å²) in [6, 6.07) is 5.89. The molecule has 0 spiro atoms. The summed E-state index contributed by atoms with van der Waals surface area (Å²) in [6.45, 7) is 0. The Hall–Kier alpha value is -0.610. The highest BCUT2D eigenvalue weighted by Crippen LogP contribution is 2.40. The minimum Gasteiger partial charge on any atom is -0.166 e. The summed E-state index contributed by atoms with van der Waals surface area (Å²) in [5.74, 6) is 0. The third-order valence-corrected chi connectivity index (χ3v) is 3.94. The average Bonchev–Trinajstić information content (AvgIpc) is 2.33. The topological polar surface area (TPSA) is 0 Å². The first-order valence-corrected chi connectivity index (χ1v) is 6.73. The van der Waals surface area contributed by atoms with Gasteiger partial charge in [0.1, 0.15) is 0 Å². The van der Waals surface area contributed by atoms with Crippen molar-refractivity contribution in [1.29, 1.82) is 0 Å². The van der Waals surface area contributed by atoms with E-state index in [1.54, 1.807) is 0 Å². The summed E-state index contributed by atoms with van der Waals surface area (Å²) >= 11 is 23.6. The summed E-state index contributed by atoms with van der Waals surface area (Å²) in [5.41, 5.74) is -0.0644. The Balaban J connectivity index is 2.57. The number of halogens is 7. The lowest BCUT2D eigenvalue weighted by Gasteiger charge is -2.12. The highest BCUT2D eigenvalue weighted by Gasteiger charge is 2.31. The normalized spacial score (nSPS) is 11.8. The summed E-state index contributed by atoms with van der Waals surface area (Å²) in [7, 11) is 0. The smallest absolute Gasteiger partial charge is 0.166 e. The number of alkyl halides is 3. The fourth-order valence-corrected chi connectivity index (χ4v) is 2.57. The van der Waals surface area contributed by atoms with Gasteiger partial charge in [0.05, 0.1) is 20.6 Å². The van der Waals surface area contributed by atoms with Crippen LogP contribution < -0.4 is 0 Å². The van der Waals surface area contributed by atoms with Crippen LogP contribution in [0.25, 0.3) is 11.1 Å². The van der Waals surface area contributed by atoms with Crippen LogP contribution in [0.4, 0.5) is 13.2 Å². The van der Waals surface area contributed by atoms with Gasteiger partial charge >= 0.3 is 6.18 Å². The molecule has 0 amide bonds. The van der Waals surface area contributed by atoms with E-state index in [0.717, 1.165) is 12.1 Å². The third-order valence-electron chi connectivity index (χ3n) is 2.60. The molecule has 2 aromatic rings. The molecule has 0 N–H and O–H groups in total. The van der Waals surface area contributed by atoms with Crippen LogP contribution in [0, 0.1) is 0 Å². The second-order valence-electron chi connectivity index (χ2n) is 3.94. The van der Waals surface area contributed by atoms with E-state index < -0.39 is 11.7 Å². The van der Waals surface area contributed by atoms with Crippen LogP contribution in [0.3, 0.4) is 0 Å². The van der Waals surface area contributed by atoms with Crippen molar-refractivity contribution < 1.29 is 13.2 Å². The van der Waals surface area contributed by atoms with Crippen LogP contribution in [0.15, 0.2) is 30.3 Å². The van der Waals surface area contributed by atoms with Crippen molar-refractivity contribution in [1.82, 2.24) is 0 Å². The maximum atomic E-state index is 12.6. The van der Waals surface area contributed by atoms with Gasteiger partial charge in [0.2, 0.25) is 0 Å². The Kier molecular flexibility index (Phi) is 4.45. The fraction of sp³-hybridized carbons (Fsp3) is 0.0769. The summed E-state index contributed by atoms with van der Waals surface area (Å²) in [4.78, 5) is 0. The van der Waals surface area contributed by atoms with Gasteiger partial charge in [-0.25, -0.2) is 0 Å². The molecule has 0 fully saturated rings. The van der Waals surface area contributed by atoms with Crippen molar-refractivity contribution in [2.24, 2.45) is 0 Å². The predicted octanol–water partition coefficient (Wildman–Crippen LogP) is 6.99. The van der Waals surface area contributed by atoms with Gasteiger partial charge in [0.25, 0.3) is 0 Å². The highest BCUT2D eigenvalue weighted by atomic mass is 35.5. The molecule has 2 rings (SSSR count). The van der Waals surface area contributed by atoms with Gasteiger partial charge in [0, 0.05) is 16.1 Å². The molecule has 0 aromatic heterocycles. The Bertz CT molecular complexity index is 665. The predicted molar refractivity (Wildman–Crippen MR) is 76.9 cm³/mol. The van der Waals surface area contributed by atoms with Gasteiger partial charge in [-0.1, -0.05) is 52.5 Å². The molecule has 0 heterocycles. The highest BCUT2D eigenvalue weighted by molar-refractivity contribution is 6.44. The van der Waals surface area contributed by atoms with Crippen LogP contribution in [0.5, 0.6) is 0 Å². The van der Waals surface area contributed by atoms with Crippen molar-refractivity contribution in [3.05, 3.63) is 56.0 Å². The maximum Gasteiger partial charge on any atom is 0.416 e. The standard InChI is InChI=1S/C13H5Cl4F3/c14-9-3-6(13(18,19)20)1-2-7(9)8-4-11(16)12(17)5-10(8)15/h1-5H. The first-order chi connectivity index (χ1) is 9.20. The molecule has 7 heteroatoms. The Morgan fingerprint density at radius 3 is 1.75 bits per heavy atom. The molecule has 0 aliphatic carbocycles. The Morgan fingerprint density at radius 2 is 1.20 bits per heavy atom. The molecular formula is C13H5Cl4F3. The van der Waals surface area contributed by atoms with Crippen LogP contribution in [-0.4, -0.2) is 0 Å². The fourth-order valence-electron chi connectivity index (χ4n) is 1.64. The molecule has 0 saturated carbocycles. The minimum absolute atomic E-state index is 0.0693. The van der Waals surface area contributed by atoms with Crippen molar-refractivity contribution in [2.75, 3.05) is 0 Å². The molecule has 0 nitrogen and oxygen atoms in total. The maximum absolute atomic E-state index is 12.6. The van der Waals surface area contributed by atoms with E-state index in [1.165, 1.54) is 18.2 Å². The Labute approximate surface area is 133 Å². The monoisotopic (exact) mass is 358 g/mol. The van der Waals surface area contributed by atoms with Crippen molar-refractivity contribution in [2.45, 2.75) is 6.18 Å². The van der Waals surface area contributed by atoms with E-state index in [9.17, 15) is 13.2 Å². The van der Waals surface area contributed by atoms with Crippen LogP contribution in [0.1, 0.15) is 5.56 Å². The van der Waals surface area contributed by atoms with Gasteiger partial charge in [-0.05, 0) is 24.3 Å². The van der Waals surface area contributed by atoms with E-state index in [0.29, 0.717) is 11.1 Å². The molecule has 0 radical (unpaired) electrons. The van der Waals surface area contributed by atoms with Gasteiger partial charge in [-0.15, -0.1) is 0 Å². The number of hydrogen-bond donors (Lipinski definition) is 0. The number of benzene rings is 2. The molecule has 0 saturated heterocycles. The Morgan fingerprint density at radius 1 is 0.650 bits per heavy atom. The molecule has 0 aliphatic rings. The minimum atomic E-state index is -4.45. The molecule has 2 aromatic carbocycles. The molecule has 0 aliphatic heterocycles. The molecule has 106 valence electrons. The largest absolute Gasteiger partial charge is 0.416 e. The zero-order chi connectivity index (χ0) is 15.1. The molecular weight excluding hydrogens is 355 g/mol. The van der Waals surface area contributed by atoms with Gasteiger partial charge in [0.15, 0.2) is 0 Å². The summed E-state index contributed by atoms with van der Waals surface area (Å²) in [5, 5.41) is 0.673. The van der Waals surface area contributed by atoms with E-state index in [4.69, 9.17) is 46.4 Å². The number of hydrogen-bond acceptors (Lipinski definition) is 0. The quantitative estimate of drug-likeness (QED) is 0.481. The van der Waals surface area contributed by atoms with Crippen molar-refractivity contribution >= 4 is 46.4 Å². The van der Waals surface area contributed by atoms with Crippen molar-refractivity contribution in [3.8, 4) is 11.1 Å². The molecule has 20 heavy (non-hydrogen) atoms. The summed E-state index contributed by atoms with van der Waals surface area (Å²) in [6.07, 6.45) is -4.45. The average molecular weight is 360 g/mol. The second kappa shape index (κ2) is 5.64. The lowest BCUT2D eigenvalue weighted by Crippen LogP contribution is -2.04. The van der Waals surface area contributed by atoms with Gasteiger partial charge in [-0.3, -0.25) is 0 Å². The van der Waals surface area contributed by atoms with E-state index in [1.807, 2.05) is 0 Å². The zero-order valence-corrected chi connectivity index (χ0v) is 12.6. The molecule has 0 bridgehead atoms. The second-order valence-corrected chi connectivity index (χ2v) is 5.57. The lowest BCUT2D eigenvalue weighted by atomic mass is 10.0. The van der Waals surface area contributed by atoms with Crippen LogP contribution in [0.2, 0.25) is 20.1 Å². The first kappa shape index (κ1) is 15.8. The van der Waals surface area contributed by atoms with Gasteiger partial charge < -0.3 is 0 Å². The summed E-state index contributed by atoms with van der Waals surface area (Å²) < 4.78 is 37.7. The first-order valence-electron chi connectivity index (χ1n) is 5.22. The number of rotatable bonds is 1. The SMILES string of the molecule is FC(F)(F)c1ccc(-c2cc(Cl)c(Cl)cc2Cl)c(Cl)c1. The molecule has 0 atom stereocenters. The van der Waals surface area contributed by atoms with Crippen LogP contribution in [-0.2, 0) is 6.18 Å². The molecule has 0 unspecified atom stereocenters. The zero-order valence-electron chi connectivity index (χ0n) is 9.53. The van der Waals surface area contributed by atoms with Crippen LogP contribution >= 0.6 is 46.4 Å². The van der Waals surface area contributed by atoms with Gasteiger partial charge in [-0.2, -0.15) is 13.2 Å². The van der Waals surface area contributed by atoms with E-state index >= 15 is 0 Å². The van der Waals surface area contributed by atoms with E-state index in [-0.39, 0.29) is 20.1 Å². The van der Waals surface area contributed by atoms with E-state index in [2.05, 4.69) is 0 Å². The lowest BCUT2D eigenvalue weighted by molar-refractivity contribution is -0.137.